The van der Waals surface area contributed by atoms with E-state index >= 15 is 0 Å². The second kappa shape index (κ2) is 7.49. The molecular formula is C14H21N3O3. The number of ether oxygens (including phenoxy) is 1. The van der Waals surface area contributed by atoms with Gasteiger partial charge in [-0.2, -0.15) is 0 Å². The van der Waals surface area contributed by atoms with Crippen LogP contribution in [0.3, 0.4) is 0 Å². The number of nitrogen functional groups attached to an aromatic ring is 1. The molecule has 6 heteroatoms. The van der Waals surface area contributed by atoms with Crippen LogP contribution in [0.4, 0.5) is 5.69 Å². The quantitative estimate of drug-likeness (QED) is 0.710. The molecular weight excluding hydrogens is 258 g/mol. The molecule has 0 saturated carbocycles. The van der Waals surface area contributed by atoms with E-state index in [9.17, 15) is 9.59 Å². The Hall–Kier alpha value is -2.08. The molecule has 0 aliphatic rings. The summed E-state index contributed by atoms with van der Waals surface area (Å²) in [5, 5.41) is 0. The minimum absolute atomic E-state index is 0.0591. The lowest BCUT2D eigenvalue weighted by atomic mass is 10.1. The van der Waals surface area contributed by atoms with Crippen LogP contribution in [-0.2, 0) is 20.9 Å². The van der Waals surface area contributed by atoms with Gasteiger partial charge in [0.15, 0.2) is 0 Å². The number of rotatable bonds is 7. The van der Waals surface area contributed by atoms with Gasteiger partial charge in [0.05, 0.1) is 12.6 Å². The normalized spacial score (nSPS) is 10.6. The fourth-order valence-corrected chi connectivity index (χ4v) is 1.63. The van der Waals surface area contributed by atoms with Crippen molar-refractivity contribution in [1.29, 1.82) is 0 Å². The highest BCUT2D eigenvalue weighted by atomic mass is 16.5. The third-order valence-electron chi connectivity index (χ3n) is 2.66. The van der Waals surface area contributed by atoms with E-state index in [2.05, 4.69) is 0 Å². The zero-order valence-corrected chi connectivity index (χ0v) is 11.8. The van der Waals surface area contributed by atoms with E-state index in [0.29, 0.717) is 5.69 Å². The van der Waals surface area contributed by atoms with Crippen molar-refractivity contribution >= 4 is 17.5 Å². The predicted molar refractivity (Wildman–Crippen MR) is 76.6 cm³/mol. The van der Waals surface area contributed by atoms with Crippen molar-refractivity contribution in [2.75, 3.05) is 18.9 Å². The van der Waals surface area contributed by atoms with Gasteiger partial charge in [-0.1, -0.05) is 18.2 Å². The molecule has 0 atom stereocenters. The van der Waals surface area contributed by atoms with Crippen LogP contribution in [0.2, 0.25) is 0 Å². The standard InChI is InChI=1S/C14H21N3O3/c1-10(2)20-9-14(19)17(8-13(16)18)7-11-5-3-4-6-12(11)15/h3-6,10H,7-9,15H2,1-2H3,(H2,16,18). The van der Waals surface area contributed by atoms with Gasteiger partial charge in [-0.25, -0.2) is 0 Å². The van der Waals surface area contributed by atoms with Gasteiger partial charge in [0.2, 0.25) is 11.8 Å². The Kier molecular flexibility index (Phi) is 5.99. The number of primary amides is 1. The first kappa shape index (κ1) is 16.0. The smallest absolute Gasteiger partial charge is 0.249 e. The van der Waals surface area contributed by atoms with Gasteiger partial charge >= 0.3 is 0 Å². The van der Waals surface area contributed by atoms with Crippen molar-refractivity contribution in [3.63, 3.8) is 0 Å². The zero-order chi connectivity index (χ0) is 15.1. The van der Waals surface area contributed by atoms with Crippen LogP contribution in [0, 0.1) is 0 Å². The topological polar surface area (TPSA) is 98.6 Å². The summed E-state index contributed by atoms with van der Waals surface area (Å²) in [5.74, 6) is -0.863. The van der Waals surface area contributed by atoms with E-state index in [1.54, 1.807) is 18.2 Å². The third-order valence-corrected chi connectivity index (χ3v) is 2.66. The molecule has 0 bridgehead atoms. The molecule has 0 unspecified atom stereocenters. The van der Waals surface area contributed by atoms with Crippen LogP contribution in [0.25, 0.3) is 0 Å². The van der Waals surface area contributed by atoms with Crippen molar-refractivity contribution in [2.45, 2.75) is 26.5 Å². The fraction of sp³-hybridized carbons (Fsp3) is 0.429. The summed E-state index contributed by atoms with van der Waals surface area (Å²) in [6.45, 7) is 3.66. The molecule has 0 heterocycles. The molecule has 0 aliphatic heterocycles. The minimum atomic E-state index is -0.572. The highest BCUT2D eigenvalue weighted by molar-refractivity contribution is 5.84. The molecule has 1 aromatic carbocycles. The van der Waals surface area contributed by atoms with Crippen LogP contribution in [0.15, 0.2) is 24.3 Å². The van der Waals surface area contributed by atoms with E-state index in [1.807, 2.05) is 19.9 Å². The number of nitrogens with two attached hydrogens (primary N) is 2. The van der Waals surface area contributed by atoms with Gasteiger partial charge in [0.1, 0.15) is 6.61 Å². The van der Waals surface area contributed by atoms with Crippen LogP contribution >= 0.6 is 0 Å². The van der Waals surface area contributed by atoms with E-state index in [1.165, 1.54) is 4.90 Å². The molecule has 1 rings (SSSR count). The lowest BCUT2D eigenvalue weighted by Gasteiger charge is -2.22. The predicted octanol–water partition coefficient (Wildman–Crippen LogP) is 0.508. The van der Waals surface area contributed by atoms with Crippen molar-refractivity contribution in [3.8, 4) is 0 Å². The summed E-state index contributed by atoms with van der Waals surface area (Å²) < 4.78 is 5.26. The molecule has 0 aliphatic carbocycles. The number of carbonyl (C=O) groups excluding carboxylic acids is 2. The Bertz CT molecular complexity index is 474. The van der Waals surface area contributed by atoms with E-state index in [4.69, 9.17) is 16.2 Å². The maximum atomic E-state index is 12.1. The number of amides is 2. The molecule has 4 N–H and O–H groups in total. The van der Waals surface area contributed by atoms with Gasteiger partial charge in [-0.3, -0.25) is 9.59 Å². The summed E-state index contributed by atoms with van der Waals surface area (Å²) >= 11 is 0. The average molecular weight is 279 g/mol. The first-order valence-corrected chi connectivity index (χ1v) is 6.41. The van der Waals surface area contributed by atoms with Gasteiger partial charge < -0.3 is 21.1 Å². The second-order valence-electron chi connectivity index (χ2n) is 4.77. The molecule has 6 nitrogen and oxygen atoms in total. The van der Waals surface area contributed by atoms with Crippen LogP contribution in [0.5, 0.6) is 0 Å². The van der Waals surface area contributed by atoms with Crippen molar-refractivity contribution < 1.29 is 14.3 Å². The largest absolute Gasteiger partial charge is 0.398 e. The first-order chi connectivity index (χ1) is 9.40. The van der Waals surface area contributed by atoms with Gasteiger partial charge in [-0.15, -0.1) is 0 Å². The molecule has 1 aromatic rings. The Morgan fingerprint density at radius 2 is 1.95 bits per heavy atom. The van der Waals surface area contributed by atoms with Crippen molar-refractivity contribution in [3.05, 3.63) is 29.8 Å². The van der Waals surface area contributed by atoms with Gasteiger partial charge in [-0.05, 0) is 25.5 Å². The summed E-state index contributed by atoms with van der Waals surface area (Å²) in [6, 6.07) is 7.18. The molecule has 0 saturated heterocycles. The highest BCUT2D eigenvalue weighted by Gasteiger charge is 2.17. The second-order valence-corrected chi connectivity index (χ2v) is 4.77. The maximum absolute atomic E-state index is 12.1. The van der Waals surface area contributed by atoms with Crippen LogP contribution in [0.1, 0.15) is 19.4 Å². The number of para-hydroxylation sites is 1. The Morgan fingerprint density at radius 3 is 2.50 bits per heavy atom. The Balaban J connectivity index is 2.76. The third kappa shape index (κ3) is 5.27. The minimum Gasteiger partial charge on any atom is -0.398 e. The summed E-state index contributed by atoms with van der Waals surface area (Å²) in [6.07, 6.45) is -0.0591. The SMILES string of the molecule is CC(C)OCC(=O)N(CC(N)=O)Cc1ccccc1N. The lowest BCUT2D eigenvalue weighted by Crippen LogP contribution is -2.40. The lowest BCUT2D eigenvalue weighted by molar-refractivity contribution is -0.141. The van der Waals surface area contributed by atoms with Gasteiger partial charge in [0.25, 0.3) is 0 Å². The van der Waals surface area contributed by atoms with Gasteiger partial charge in [0, 0.05) is 12.2 Å². The summed E-state index contributed by atoms with van der Waals surface area (Å²) in [5.41, 5.74) is 12.3. The molecule has 20 heavy (non-hydrogen) atoms. The van der Waals surface area contributed by atoms with E-state index in [-0.39, 0.29) is 31.7 Å². The molecule has 110 valence electrons. The molecule has 0 spiro atoms. The summed E-state index contributed by atoms with van der Waals surface area (Å²) in [7, 11) is 0. The number of anilines is 1. The summed E-state index contributed by atoms with van der Waals surface area (Å²) in [4.78, 5) is 24.5. The molecule has 0 aromatic heterocycles. The number of hydrogen-bond donors (Lipinski definition) is 2. The molecule has 0 radical (unpaired) electrons. The Morgan fingerprint density at radius 1 is 1.30 bits per heavy atom. The monoisotopic (exact) mass is 279 g/mol. The highest BCUT2D eigenvalue weighted by Crippen LogP contribution is 2.13. The number of carbonyl (C=O) groups is 2. The van der Waals surface area contributed by atoms with Crippen LogP contribution < -0.4 is 11.5 Å². The Labute approximate surface area is 118 Å². The van der Waals surface area contributed by atoms with E-state index < -0.39 is 5.91 Å². The average Bonchev–Trinajstić information content (AvgIpc) is 2.37. The number of nitrogens with zero attached hydrogens (tertiary/aromatic N) is 1. The number of benzene rings is 1. The van der Waals surface area contributed by atoms with Crippen molar-refractivity contribution in [2.24, 2.45) is 5.73 Å². The maximum Gasteiger partial charge on any atom is 0.249 e. The fourth-order valence-electron chi connectivity index (χ4n) is 1.63. The van der Waals surface area contributed by atoms with Crippen LogP contribution in [-0.4, -0.2) is 36.0 Å². The van der Waals surface area contributed by atoms with E-state index in [0.717, 1.165) is 5.56 Å². The number of hydrogen-bond acceptors (Lipinski definition) is 4. The molecule has 2 amide bonds. The zero-order valence-electron chi connectivity index (χ0n) is 11.8. The molecule has 0 fully saturated rings. The first-order valence-electron chi connectivity index (χ1n) is 6.41. The van der Waals surface area contributed by atoms with Crippen molar-refractivity contribution in [1.82, 2.24) is 4.90 Å².